The second-order valence-corrected chi connectivity index (χ2v) is 5.85. The summed E-state index contributed by atoms with van der Waals surface area (Å²) in [5, 5.41) is 6.42. The fourth-order valence-electron chi connectivity index (χ4n) is 2.33. The first-order valence-corrected chi connectivity index (χ1v) is 8.11. The van der Waals surface area contributed by atoms with Crippen LogP contribution in [0.4, 0.5) is 18.9 Å². The minimum Gasteiger partial charge on any atom is -0.482 e. The largest absolute Gasteiger partial charge is 0.482 e. The van der Waals surface area contributed by atoms with Crippen molar-refractivity contribution in [1.82, 2.24) is 9.78 Å². The zero-order valence-corrected chi connectivity index (χ0v) is 14.5. The number of hydrogen-bond donors (Lipinski definition) is 1. The number of aromatic nitrogens is 2. The lowest BCUT2D eigenvalue weighted by molar-refractivity contribution is -0.137. The predicted molar refractivity (Wildman–Crippen MR) is 94.1 cm³/mol. The van der Waals surface area contributed by atoms with E-state index < -0.39 is 24.3 Å². The lowest BCUT2D eigenvalue weighted by Crippen LogP contribution is -2.22. The molecule has 0 aliphatic heterocycles. The highest BCUT2D eigenvalue weighted by atomic mass is 35.5. The minimum absolute atomic E-state index is 0.220. The summed E-state index contributed by atoms with van der Waals surface area (Å²) >= 11 is 5.91. The lowest BCUT2D eigenvalue weighted by atomic mass is 10.1. The molecule has 3 aromatic rings. The Morgan fingerprint density at radius 1 is 1.19 bits per heavy atom. The van der Waals surface area contributed by atoms with Gasteiger partial charge in [0.2, 0.25) is 0 Å². The normalized spacial score (nSPS) is 11.3. The maximum absolute atomic E-state index is 13.4. The van der Waals surface area contributed by atoms with Gasteiger partial charge in [0.05, 0.1) is 22.0 Å². The van der Waals surface area contributed by atoms with Crippen LogP contribution in [0, 0.1) is 0 Å². The Kier molecular flexibility index (Phi) is 5.36. The van der Waals surface area contributed by atoms with Crippen LogP contribution in [0.2, 0.25) is 5.02 Å². The molecule has 0 atom stereocenters. The highest BCUT2D eigenvalue weighted by Crippen LogP contribution is 2.36. The molecule has 0 spiro atoms. The quantitative estimate of drug-likeness (QED) is 0.689. The van der Waals surface area contributed by atoms with Crippen molar-refractivity contribution in [3.63, 3.8) is 0 Å². The Labute approximate surface area is 157 Å². The molecule has 0 aliphatic rings. The molecule has 1 heterocycles. The topological polar surface area (TPSA) is 56.1 Å². The fourth-order valence-corrected chi connectivity index (χ4v) is 2.52. The number of alkyl halides is 3. The first kappa shape index (κ1) is 18.8. The molecule has 0 aliphatic carbocycles. The molecule has 27 heavy (non-hydrogen) atoms. The molecule has 1 aromatic heterocycles. The molecule has 1 amide bonds. The van der Waals surface area contributed by atoms with E-state index in [-0.39, 0.29) is 17.1 Å². The van der Waals surface area contributed by atoms with Crippen LogP contribution in [0.25, 0.3) is 5.69 Å². The lowest BCUT2D eigenvalue weighted by Gasteiger charge is -2.16. The third kappa shape index (κ3) is 4.59. The Hall–Kier alpha value is -3.00. The van der Waals surface area contributed by atoms with E-state index in [0.717, 1.165) is 6.07 Å². The van der Waals surface area contributed by atoms with Crippen LogP contribution in [-0.4, -0.2) is 22.3 Å². The van der Waals surface area contributed by atoms with Gasteiger partial charge < -0.3 is 10.1 Å². The van der Waals surface area contributed by atoms with E-state index >= 15 is 0 Å². The number of nitrogens with zero attached hydrogens (tertiary/aromatic N) is 2. The third-order valence-corrected chi connectivity index (χ3v) is 3.86. The van der Waals surface area contributed by atoms with Crippen molar-refractivity contribution in [2.24, 2.45) is 0 Å². The van der Waals surface area contributed by atoms with Gasteiger partial charge in [0.15, 0.2) is 6.61 Å². The number of carbonyl (C=O) groups is 1. The van der Waals surface area contributed by atoms with Crippen LogP contribution in [-0.2, 0) is 11.0 Å². The molecule has 0 saturated heterocycles. The van der Waals surface area contributed by atoms with Gasteiger partial charge in [0.1, 0.15) is 5.75 Å². The van der Waals surface area contributed by atoms with E-state index in [2.05, 4.69) is 10.4 Å². The number of halogens is 4. The predicted octanol–water partition coefficient (Wildman–Crippen LogP) is 4.56. The summed E-state index contributed by atoms with van der Waals surface area (Å²) in [5.74, 6) is -0.480. The summed E-state index contributed by atoms with van der Waals surface area (Å²) in [7, 11) is 0. The molecule has 1 N–H and O–H groups in total. The van der Waals surface area contributed by atoms with Gasteiger partial charge in [-0.25, -0.2) is 4.68 Å². The zero-order chi connectivity index (χ0) is 19.4. The minimum atomic E-state index is -4.66. The van der Waals surface area contributed by atoms with Gasteiger partial charge in [-0.1, -0.05) is 23.7 Å². The average Bonchev–Trinajstić information content (AvgIpc) is 3.15. The average molecular weight is 396 g/mol. The van der Waals surface area contributed by atoms with Crippen molar-refractivity contribution in [2.45, 2.75) is 6.18 Å². The highest BCUT2D eigenvalue weighted by molar-refractivity contribution is 6.32. The van der Waals surface area contributed by atoms with E-state index in [1.165, 1.54) is 29.2 Å². The number of hydrogen-bond acceptors (Lipinski definition) is 3. The molecule has 0 saturated carbocycles. The summed E-state index contributed by atoms with van der Waals surface area (Å²) in [4.78, 5) is 12.0. The summed E-state index contributed by atoms with van der Waals surface area (Å²) in [6.07, 6.45) is -1.68. The number of amides is 1. The molecule has 0 bridgehead atoms. The number of ether oxygens (including phenoxy) is 1. The summed E-state index contributed by atoms with van der Waals surface area (Å²) < 4.78 is 46.7. The smallest absolute Gasteiger partial charge is 0.418 e. The van der Waals surface area contributed by atoms with Crippen LogP contribution in [0.5, 0.6) is 5.75 Å². The van der Waals surface area contributed by atoms with Gasteiger partial charge in [-0.3, -0.25) is 4.79 Å². The molecule has 3 rings (SSSR count). The van der Waals surface area contributed by atoms with E-state index in [1.54, 1.807) is 30.3 Å². The molecular weight excluding hydrogens is 383 g/mol. The van der Waals surface area contributed by atoms with Gasteiger partial charge in [-0.2, -0.15) is 18.3 Å². The molecule has 2 aromatic carbocycles. The van der Waals surface area contributed by atoms with Crippen molar-refractivity contribution in [1.29, 1.82) is 0 Å². The second kappa shape index (κ2) is 7.71. The molecular formula is C18H13ClF3N3O2. The van der Waals surface area contributed by atoms with Crippen LogP contribution < -0.4 is 10.1 Å². The first-order valence-electron chi connectivity index (χ1n) is 7.73. The van der Waals surface area contributed by atoms with Gasteiger partial charge in [0, 0.05) is 12.4 Å². The number of benzene rings is 2. The van der Waals surface area contributed by atoms with Crippen LogP contribution >= 0.6 is 11.6 Å². The number of rotatable bonds is 5. The van der Waals surface area contributed by atoms with Crippen molar-refractivity contribution >= 4 is 23.2 Å². The van der Waals surface area contributed by atoms with Crippen molar-refractivity contribution in [2.75, 3.05) is 11.9 Å². The van der Waals surface area contributed by atoms with Crippen molar-refractivity contribution < 1.29 is 22.7 Å². The Balaban J connectivity index is 1.77. The van der Waals surface area contributed by atoms with Crippen LogP contribution in [0.15, 0.2) is 60.9 Å². The van der Waals surface area contributed by atoms with Crippen LogP contribution in [0.1, 0.15) is 5.56 Å². The number of carbonyl (C=O) groups excluding carboxylic acids is 1. The Morgan fingerprint density at radius 2 is 1.96 bits per heavy atom. The van der Waals surface area contributed by atoms with E-state index in [0.29, 0.717) is 5.02 Å². The van der Waals surface area contributed by atoms with Gasteiger partial charge in [-0.05, 0) is 36.4 Å². The summed E-state index contributed by atoms with van der Waals surface area (Å²) in [5.41, 5.74) is -1.13. The van der Waals surface area contributed by atoms with Gasteiger partial charge in [0.25, 0.3) is 5.91 Å². The third-order valence-electron chi connectivity index (χ3n) is 3.55. The van der Waals surface area contributed by atoms with E-state index in [4.69, 9.17) is 16.3 Å². The Bertz CT molecular complexity index is 943. The molecule has 9 heteroatoms. The number of nitrogens with one attached hydrogen (secondary N) is 1. The number of para-hydroxylation sites is 1. The standard InChI is InChI=1S/C18H13ClF3N3O2/c19-14-4-1-2-5-16(14)27-11-17(26)24-15-7-6-12(25-9-3-8-23-25)10-13(15)18(20,21)22/h1-10H,11H2,(H,24,26). The summed E-state index contributed by atoms with van der Waals surface area (Å²) in [6, 6.07) is 11.6. The molecule has 0 radical (unpaired) electrons. The molecule has 0 unspecified atom stereocenters. The molecule has 5 nitrogen and oxygen atoms in total. The SMILES string of the molecule is O=C(COc1ccccc1Cl)Nc1ccc(-n2cccn2)cc1C(F)(F)F. The molecule has 0 fully saturated rings. The van der Waals surface area contributed by atoms with Crippen molar-refractivity contribution in [3.05, 3.63) is 71.5 Å². The fraction of sp³-hybridized carbons (Fsp3) is 0.111. The van der Waals surface area contributed by atoms with E-state index in [9.17, 15) is 18.0 Å². The number of anilines is 1. The Morgan fingerprint density at radius 3 is 2.63 bits per heavy atom. The van der Waals surface area contributed by atoms with Gasteiger partial charge >= 0.3 is 6.18 Å². The van der Waals surface area contributed by atoms with Crippen LogP contribution in [0.3, 0.4) is 0 Å². The maximum Gasteiger partial charge on any atom is 0.418 e. The van der Waals surface area contributed by atoms with Crippen molar-refractivity contribution in [3.8, 4) is 11.4 Å². The zero-order valence-electron chi connectivity index (χ0n) is 13.7. The summed E-state index contributed by atoms with van der Waals surface area (Å²) in [6.45, 7) is -0.484. The van der Waals surface area contributed by atoms with Gasteiger partial charge in [-0.15, -0.1) is 0 Å². The highest BCUT2D eigenvalue weighted by Gasteiger charge is 2.34. The first-order chi connectivity index (χ1) is 12.8. The maximum atomic E-state index is 13.4. The second-order valence-electron chi connectivity index (χ2n) is 5.45. The van der Waals surface area contributed by atoms with E-state index in [1.807, 2.05) is 0 Å². The monoisotopic (exact) mass is 395 g/mol. The molecule has 140 valence electrons.